The SMILES string of the molecule is Cc1cc(C(=O)COc2ccccc2C(N)=O)c(C)n1-c1cccc(C(F)(F)F)c1. The first-order valence-electron chi connectivity index (χ1n) is 9.01. The topological polar surface area (TPSA) is 74.3 Å². The van der Waals surface area contributed by atoms with E-state index in [-0.39, 0.29) is 23.7 Å². The molecule has 1 aromatic heterocycles. The van der Waals surface area contributed by atoms with E-state index in [1.54, 1.807) is 42.7 Å². The molecular weight excluding hydrogens is 397 g/mol. The van der Waals surface area contributed by atoms with Crippen molar-refractivity contribution in [2.45, 2.75) is 20.0 Å². The van der Waals surface area contributed by atoms with Crippen LogP contribution in [-0.2, 0) is 6.18 Å². The van der Waals surface area contributed by atoms with Gasteiger partial charge in [-0.15, -0.1) is 0 Å². The van der Waals surface area contributed by atoms with Crippen LogP contribution in [0.1, 0.15) is 37.7 Å². The Morgan fingerprint density at radius 3 is 2.37 bits per heavy atom. The van der Waals surface area contributed by atoms with Crippen LogP contribution < -0.4 is 10.5 Å². The number of nitrogens with zero attached hydrogens (tertiary/aromatic N) is 1. The maximum Gasteiger partial charge on any atom is 0.416 e. The van der Waals surface area contributed by atoms with Crippen molar-refractivity contribution < 1.29 is 27.5 Å². The molecule has 3 aromatic rings. The number of aryl methyl sites for hydroxylation is 1. The number of hydrogen-bond donors (Lipinski definition) is 1. The molecule has 0 bridgehead atoms. The molecule has 2 N–H and O–H groups in total. The van der Waals surface area contributed by atoms with Gasteiger partial charge in [-0.3, -0.25) is 9.59 Å². The number of para-hydroxylation sites is 1. The van der Waals surface area contributed by atoms with Gasteiger partial charge in [0, 0.05) is 22.6 Å². The number of aromatic nitrogens is 1. The lowest BCUT2D eigenvalue weighted by atomic mass is 10.1. The van der Waals surface area contributed by atoms with Crippen molar-refractivity contribution in [3.63, 3.8) is 0 Å². The number of Topliss-reactive ketones (excluding diaryl/α,β-unsaturated/α-hetero) is 1. The number of carbonyl (C=O) groups is 2. The van der Waals surface area contributed by atoms with Crippen molar-refractivity contribution in [3.05, 3.63) is 82.7 Å². The van der Waals surface area contributed by atoms with Gasteiger partial charge in [0.15, 0.2) is 6.61 Å². The van der Waals surface area contributed by atoms with Crippen molar-refractivity contribution in [2.24, 2.45) is 5.73 Å². The lowest BCUT2D eigenvalue weighted by molar-refractivity contribution is -0.137. The fourth-order valence-corrected chi connectivity index (χ4v) is 3.28. The second kappa shape index (κ2) is 8.06. The first-order valence-corrected chi connectivity index (χ1v) is 9.01. The van der Waals surface area contributed by atoms with Crippen LogP contribution in [-0.4, -0.2) is 22.9 Å². The number of halogens is 3. The zero-order valence-electron chi connectivity index (χ0n) is 16.3. The predicted octanol–water partition coefficient (Wildman–Crippen LogP) is 4.47. The number of alkyl halides is 3. The molecule has 2 aromatic carbocycles. The van der Waals surface area contributed by atoms with E-state index in [1.807, 2.05) is 0 Å². The molecule has 0 saturated carbocycles. The first-order chi connectivity index (χ1) is 14.1. The molecule has 0 saturated heterocycles. The van der Waals surface area contributed by atoms with Crippen LogP contribution >= 0.6 is 0 Å². The second-order valence-electron chi connectivity index (χ2n) is 6.74. The number of primary amides is 1. The summed E-state index contributed by atoms with van der Waals surface area (Å²) in [6.45, 7) is 3.00. The first kappa shape index (κ1) is 21.2. The number of benzene rings is 2. The molecule has 0 atom stereocenters. The molecule has 30 heavy (non-hydrogen) atoms. The number of ketones is 1. The molecule has 1 amide bonds. The largest absolute Gasteiger partial charge is 0.485 e. The summed E-state index contributed by atoms with van der Waals surface area (Å²) < 4.78 is 46.2. The third-order valence-corrected chi connectivity index (χ3v) is 4.67. The Balaban J connectivity index is 1.87. The molecular formula is C22H19F3N2O3. The minimum Gasteiger partial charge on any atom is -0.485 e. The smallest absolute Gasteiger partial charge is 0.416 e. The fourth-order valence-electron chi connectivity index (χ4n) is 3.28. The van der Waals surface area contributed by atoms with E-state index in [9.17, 15) is 22.8 Å². The minimum atomic E-state index is -4.47. The van der Waals surface area contributed by atoms with E-state index in [0.717, 1.165) is 12.1 Å². The van der Waals surface area contributed by atoms with Gasteiger partial charge in [-0.25, -0.2) is 0 Å². The van der Waals surface area contributed by atoms with Crippen LogP contribution in [0, 0.1) is 13.8 Å². The number of carbonyl (C=O) groups excluding carboxylic acids is 2. The second-order valence-corrected chi connectivity index (χ2v) is 6.74. The van der Waals surface area contributed by atoms with Crippen LogP contribution in [0.4, 0.5) is 13.2 Å². The maximum absolute atomic E-state index is 13.1. The highest BCUT2D eigenvalue weighted by molar-refractivity contribution is 5.99. The minimum absolute atomic E-state index is 0.153. The van der Waals surface area contributed by atoms with E-state index < -0.39 is 17.6 Å². The van der Waals surface area contributed by atoms with Crippen LogP contribution in [0.2, 0.25) is 0 Å². The Kier molecular flexibility index (Phi) is 5.69. The van der Waals surface area contributed by atoms with Gasteiger partial charge < -0.3 is 15.0 Å². The van der Waals surface area contributed by atoms with Crippen molar-refractivity contribution in [2.75, 3.05) is 6.61 Å². The Bertz CT molecular complexity index is 1120. The van der Waals surface area contributed by atoms with Crippen molar-refractivity contribution in [1.29, 1.82) is 0 Å². The van der Waals surface area contributed by atoms with E-state index in [0.29, 0.717) is 22.6 Å². The average molecular weight is 416 g/mol. The van der Waals surface area contributed by atoms with Gasteiger partial charge in [0.05, 0.1) is 11.1 Å². The Hall–Kier alpha value is -3.55. The van der Waals surface area contributed by atoms with E-state index in [4.69, 9.17) is 10.5 Å². The summed E-state index contributed by atoms with van der Waals surface area (Å²) in [5, 5.41) is 0. The summed E-state index contributed by atoms with van der Waals surface area (Å²) in [6, 6.07) is 12.8. The normalized spacial score (nSPS) is 11.4. The molecule has 0 aliphatic heterocycles. The summed E-state index contributed by atoms with van der Waals surface area (Å²) in [6.07, 6.45) is -4.47. The highest BCUT2D eigenvalue weighted by Gasteiger charge is 2.31. The standard InChI is InChI=1S/C22H19F3N2O3/c1-13-10-18(19(28)12-30-20-9-4-3-8-17(20)21(26)29)14(2)27(13)16-7-5-6-15(11-16)22(23,24)25/h3-11H,12H2,1-2H3,(H2,26,29). The zero-order valence-corrected chi connectivity index (χ0v) is 16.3. The summed E-state index contributed by atoms with van der Waals surface area (Å²) in [5.41, 5.74) is 6.40. The van der Waals surface area contributed by atoms with Crippen LogP contribution in [0.3, 0.4) is 0 Å². The van der Waals surface area contributed by atoms with E-state index >= 15 is 0 Å². The van der Waals surface area contributed by atoms with Gasteiger partial charge in [-0.2, -0.15) is 13.2 Å². The van der Waals surface area contributed by atoms with Crippen LogP contribution in [0.25, 0.3) is 5.69 Å². The average Bonchev–Trinajstić information content (AvgIpc) is 3.00. The van der Waals surface area contributed by atoms with Crippen LogP contribution in [0.5, 0.6) is 5.75 Å². The quantitative estimate of drug-likeness (QED) is 0.603. The Morgan fingerprint density at radius 1 is 1.00 bits per heavy atom. The summed E-state index contributed by atoms with van der Waals surface area (Å²) in [4.78, 5) is 24.2. The lowest BCUT2D eigenvalue weighted by Gasteiger charge is -2.13. The predicted molar refractivity (Wildman–Crippen MR) is 105 cm³/mol. The zero-order chi connectivity index (χ0) is 22.1. The van der Waals surface area contributed by atoms with Gasteiger partial charge in [0.25, 0.3) is 5.91 Å². The molecule has 0 spiro atoms. The molecule has 0 fully saturated rings. The van der Waals surface area contributed by atoms with E-state index in [1.165, 1.54) is 18.2 Å². The molecule has 1 heterocycles. The third-order valence-electron chi connectivity index (χ3n) is 4.67. The lowest BCUT2D eigenvalue weighted by Crippen LogP contribution is -2.17. The summed E-state index contributed by atoms with van der Waals surface area (Å²) >= 11 is 0. The number of hydrogen-bond acceptors (Lipinski definition) is 3. The van der Waals surface area contributed by atoms with Crippen molar-refractivity contribution in [1.82, 2.24) is 4.57 Å². The van der Waals surface area contributed by atoms with Gasteiger partial charge in [0.1, 0.15) is 5.75 Å². The third kappa shape index (κ3) is 4.22. The number of nitrogens with two attached hydrogens (primary N) is 1. The van der Waals surface area contributed by atoms with Gasteiger partial charge >= 0.3 is 6.18 Å². The fraction of sp³-hybridized carbons (Fsp3) is 0.182. The molecule has 5 nitrogen and oxygen atoms in total. The maximum atomic E-state index is 13.1. The number of rotatable bonds is 6. The summed E-state index contributed by atoms with van der Waals surface area (Å²) in [5.74, 6) is -0.869. The molecule has 156 valence electrons. The van der Waals surface area contributed by atoms with Crippen LogP contribution in [0.15, 0.2) is 54.6 Å². The highest BCUT2D eigenvalue weighted by Crippen LogP contribution is 2.31. The Labute approximate surface area is 170 Å². The highest BCUT2D eigenvalue weighted by atomic mass is 19.4. The molecule has 8 heteroatoms. The molecule has 0 aliphatic carbocycles. The molecule has 0 aliphatic rings. The van der Waals surface area contributed by atoms with E-state index in [2.05, 4.69) is 0 Å². The molecule has 0 unspecified atom stereocenters. The van der Waals surface area contributed by atoms with Gasteiger partial charge in [0.2, 0.25) is 5.78 Å². The summed E-state index contributed by atoms with van der Waals surface area (Å²) in [7, 11) is 0. The van der Waals surface area contributed by atoms with Gasteiger partial charge in [-0.1, -0.05) is 18.2 Å². The Morgan fingerprint density at radius 2 is 1.70 bits per heavy atom. The monoisotopic (exact) mass is 416 g/mol. The number of ether oxygens (including phenoxy) is 1. The molecule has 0 radical (unpaired) electrons. The van der Waals surface area contributed by atoms with Crippen molar-refractivity contribution >= 4 is 11.7 Å². The van der Waals surface area contributed by atoms with Gasteiger partial charge in [-0.05, 0) is 50.2 Å². The molecule has 3 rings (SSSR count). The number of amides is 1. The van der Waals surface area contributed by atoms with Crippen molar-refractivity contribution in [3.8, 4) is 11.4 Å².